The second kappa shape index (κ2) is 11.7. The molecular weight excluding hydrogens is 448 g/mol. The number of phenols is 1. The van der Waals surface area contributed by atoms with Gasteiger partial charge in [-0.2, -0.15) is 0 Å². The average Bonchev–Trinajstić information content (AvgIpc) is 3.17. The number of benzene rings is 1. The summed E-state index contributed by atoms with van der Waals surface area (Å²) >= 11 is 6.36. The number of oxime groups is 1. The molecule has 2 atom stereocenters. The van der Waals surface area contributed by atoms with Crippen molar-refractivity contribution in [2.45, 2.75) is 51.7 Å². The molecule has 9 heteroatoms. The fraction of sp³-hybridized carbons (Fsp3) is 0.458. The number of carbonyl (C=O) groups excluding carboxylic acids is 2. The number of halogens is 1. The molecule has 2 heterocycles. The predicted octanol–water partition coefficient (Wildman–Crippen LogP) is 4.01. The molecule has 2 aliphatic rings. The minimum absolute atomic E-state index is 0.0557. The third kappa shape index (κ3) is 6.99. The van der Waals surface area contributed by atoms with Crippen molar-refractivity contribution in [1.82, 2.24) is 4.90 Å². The number of allylic oxidation sites excluding steroid dienone is 3. The lowest BCUT2D eigenvalue weighted by atomic mass is 10.0. The summed E-state index contributed by atoms with van der Waals surface area (Å²) < 4.78 is 11.2. The van der Waals surface area contributed by atoms with Gasteiger partial charge in [-0.05, 0) is 50.1 Å². The summed E-state index contributed by atoms with van der Waals surface area (Å²) in [5, 5.41) is 14.4. The molecule has 33 heavy (non-hydrogen) atoms. The Morgan fingerprint density at radius 3 is 2.82 bits per heavy atom. The maximum atomic E-state index is 12.9. The van der Waals surface area contributed by atoms with E-state index in [9.17, 15) is 14.7 Å². The highest BCUT2D eigenvalue weighted by atomic mass is 35.5. The van der Waals surface area contributed by atoms with Gasteiger partial charge >= 0.3 is 5.97 Å². The molecule has 1 fully saturated rings. The molecule has 0 saturated carbocycles. The van der Waals surface area contributed by atoms with E-state index in [4.69, 9.17) is 25.9 Å². The Morgan fingerprint density at radius 1 is 1.24 bits per heavy atom. The van der Waals surface area contributed by atoms with Crippen LogP contribution in [0.1, 0.15) is 49.0 Å². The van der Waals surface area contributed by atoms with E-state index >= 15 is 0 Å². The number of hydrogen-bond donors (Lipinski definition) is 1. The van der Waals surface area contributed by atoms with Crippen LogP contribution in [0.15, 0.2) is 41.8 Å². The van der Waals surface area contributed by atoms with E-state index in [0.29, 0.717) is 30.7 Å². The van der Waals surface area contributed by atoms with Crippen molar-refractivity contribution >= 4 is 29.2 Å². The summed E-state index contributed by atoms with van der Waals surface area (Å²) in [4.78, 5) is 31.8. The molecule has 3 rings (SSSR count). The number of esters is 1. The van der Waals surface area contributed by atoms with Crippen molar-refractivity contribution in [2.75, 3.05) is 19.7 Å². The molecule has 1 saturated heterocycles. The fourth-order valence-corrected chi connectivity index (χ4v) is 3.94. The lowest BCUT2D eigenvalue weighted by Gasteiger charge is -2.19. The van der Waals surface area contributed by atoms with Gasteiger partial charge in [0.1, 0.15) is 18.5 Å². The van der Waals surface area contributed by atoms with Crippen molar-refractivity contribution in [1.29, 1.82) is 0 Å². The number of phenolic OH excluding ortho intramolecular Hbond substituents is 1. The molecule has 1 N–H and O–H groups in total. The highest BCUT2D eigenvalue weighted by Crippen LogP contribution is 2.31. The summed E-state index contributed by atoms with van der Waals surface area (Å²) in [7, 11) is 0. The molecule has 0 spiro atoms. The number of likely N-dealkylation sites (tertiary alicyclic amines) is 1. The Labute approximate surface area is 198 Å². The topological polar surface area (TPSA) is 97.7 Å². The lowest BCUT2D eigenvalue weighted by Crippen LogP contribution is -2.28. The van der Waals surface area contributed by atoms with Crippen molar-refractivity contribution in [2.24, 2.45) is 5.16 Å². The quantitative estimate of drug-likeness (QED) is 0.400. The summed E-state index contributed by atoms with van der Waals surface area (Å²) in [6, 6.07) is 2.85. The SMILES string of the molecule is CC1CC(C)OC(=O)c2ccc(O)c(Cl)c2CC(=N/OCCN2CCCC2=O)/C=C/C=C\O1. The maximum Gasteiger partial charge on any atom is 0.338 e. The molecule has 1 aromatic carbocycles. The first kappa shape index (κ1) is 24.6. The molecule has 8 nitrogen and oxygen atoms in total. The zero-order valence-corrected chi connectivity index (χ0v) is 19.6. The van der Waals surface area contributed by atoms with Crippen LogP contribution in [0.2, 0.25) is 5.02 Å². The maximum absolute atomic E-state index is 12.9. The number of fused-ring (bicyclic) bond motifs is 1. The van der Waals surface area contributed by atoms with Gasteiger partial charge in [-0.15, -0.1) is 0 Å². The van der Waals surface area contributed by atoms with Gasteiger partial charge in [-0.1, -0.05) is 22.8 Å². The zero-order chi connectivity index (χ0) is 23.8. The Balaban J connectivity index is 1.85. The van der Waals surface area contributed by atoms with Gasteiger partial charge in [0, 0.05) is 25.8 Å². The van der Waals surface area contributed by atoms with E-state index in [2.05, 4.69) is 5.16 Å². The number of cyclic esters (lactones) is 1. The van der Waals surface area contributed by atoms with Crippen LogP contribution in [0.4, 0.5) is 0 Å². The van der Waals surface area contributed by atoms with Crippen LogP contribution in [0, 0.1) is 0 Å². The number of aromatic hydroxyl groups is 1. The van der Waals surface area contributed by atoms with Crippen molar-refractivity contribution in [3.05, 3.63) is 52.8 Å². The second-order valence-electron chi connectivity index (χ2n) is 8.09. The highest BCUT2D eigenvalue weighted by Gasteiger charge is 2.23. The molecule has 0 radical (unpaired) electrons. The first-order chi connectivity index (χ1) is 15.8. The molecule has 0 aliphatic carbocycles. The standard InChI is InChI=1S/C24H29ClN2O6/c1-16-14-17(2)33-24(30)19-8-9-21(28)23(25)20(19)15-18(6-3-4-12-31-16)26-32-13-11-27-10-5-7-22(27)29/h3-4,6,8-9,12,16-17,28H,5,7,10-11,13-15H2,1-2H3/b6-3+,12-4-,26-18+. The van der Waals surface area contributed by atoms with Crippen molar-refractivity contribution < 1.29 is 29.0 Å². The third-order valence-corrected chi connectivity index (χ3v) is 5.79. The molecule has 2 aliphatic heterocycles. The minimum atomic E-state index is -0.545. The van der Waals surface area contributed by atoms with E-state index in [1.807, 2.05) is 6.92 Å². The molecular formula is C24H29ClN2O6. The van der Waals surface area contributed by atoms with Crippen molar-refractivity contribution in [3.8, 4) is 5.75 Å². The molecule has 1 amide bonds. The van der Waals surface area contributed by atoms with Gasteiger partial charge in [-0.3, -0.25) is 4.79 Å². The Bertz CT molecular complexity index is 959. The van der Waals surface area contributed by atoms with E-state index in [1.54, 1.807) is 36.3 Å². The smallest absolute Gasteiger partial charge is 0.338 e. The second-order valence-corrected chi connectivity index (χ2v) is 8.47. The van der Waals surface area contributed by atoms with Crippen LogP contribution in [0.25, 0.3) is 0 Å². The minimum Gasteiger partial charge on any atom is -0.506 e. The van der Waals surface area contributed by atoms with Crippen LogP contribution in [0.3, 0.4) is 0 Å². The van der Waals surface area contributed by atoms with E-state index < -0.39 is 5.97 Å². The number of carbonyl (C=O) groups is 2. The van der Waals surface area contributed by atoms with E-state index in [-0.39, 0.29) is 47.5 Å². The van der Waals surface area contributed by atoms with Crippen molar-refractivity contribution in [3.63, 3.8) is 0 Å². The number of hydrogen-bond acceptors (Lipinski definition) is 7. The normalized spacial score (nSPS) is 25.1. The molecule has 1 aromatic rings. The lowest BCUT2D eigenvalue weighted by molar-refractivity contribution is -0.128. The van der Waals surface area contributed by atoms with Crippen LogP contribution in [-0.2, 0) is 25.5 Å². The predicted molar refractivity (Wildman–Crippen MR) is 124 cm³/mol. The molecule has 0 aromatic heterocycles. The molecule has 2 unspecified atom stereocenters. The van der Waals surface area contributed by atoms with Gasteiger partial charge < -0.3 is 24.3 Å². The Kier molecular flexibility index (Phi) is 8.77. The zero-order valence-electron chi connectivity index (χ0n) is 18.8. The third-order valence-electron chi connectivity index (χ3n) is 5.37. The molecule has 178 valence electrons. The Hall–Kier alpha value is -3.00. The average molecular weight is 477 g/mol. The van der Waals surface area contributed by atoms with Crippen LogP contribution in [-0.4, -0.2) is 59.5 Å². The number of nitrogens with zero attached hydrogens (tertiary/aromatic N) is 2. The molecule has 0 bridgehead atoms. The van der Waals surface area contributed by atoms with Gasteiger partial charge in [-0.25, -0.2) is 4.79 Å². The summed E-state index contributed by atoms with van der Waals surface area (Å²) in [6.45, 7) is 5.09. The summed E-state index contributed by atoms with van der Waals surface area (Å²) in [5.74, 6) is -0.570. The summed E-state index contributed by atoms with van der Waals surface area (Å²) in [5.41, 5.74) is 1.10. The fourth-order valence-electron chi connectivity index (χ4n) is 3.70. The van der Waals surface area contributed by atoms with Gasteiger partial charge in [0.15, 0.2) is 0 Å². The highest BCUT2D eigenvalue weighted by molar-refractivity contribution is 6.33. The van der Waals surface area contributed by atoms with E-state index in [1.165, 1.54) is 12.1 Å². The Morgan fingerprint density at radius 2 is 2.06 bits per heavy atom. The van der Waals surface area contributed by atoms with Gasteiger partial charge in [0.2, 0.25) is 5.91 Å². The first-order valence-electron chi connectivity index (χ1n) is 11.0. The number of rotatable bonds is 4. The largest absolute Gasteiger partial charge is 0.506 e. The van der Waals surface area contributed by atoms with Gasteiger partial charge in [0.25, 0.3) is 0 Å². The number of ether oxygens (including phenoxy) is 2. The van der Waals surface area contributed by atoms with E-state index in [0.717, 1.165) is 13.0 Å². The van der Waals surface area contributed by atoms with Gasteiger partial charge in [0.05, 0.1) is 35.2 Å². The number of amides is 1. The van der Waals surface area contributed by atoms with Crippen LogP contribution in [0.5, 0.6) is 5.75 Å². The first-order valence-corrected chi connectivity index (χ1v) is 11.4. The summed E-state index contributed by atoms with van der Waals surface area (Å²) in [6.07, 6.45) is 8.25. The monoisotopic (exact) mass is 476 g/mol. The van der Waals surface area contributed by atoms with Crippen LogP contribution < -0.4 is 0 Å². The van der Waals surface area contributed by atoms with Crippen LogP contribution >= 0.6 is 11.6 Å².